The van der Waals surface area contributed by atoms with Gasteiger partial charge in [-0.25, -0.2) is 4.98 Å². The lowest BCUT2D eigenvalue weighted by Gasteiger charge is -2.21. The molecular formula is C17H24N4O. The number of carbonyl (C=O) groups is 1. The Morgan fingerprint density at radius 1 is 1.45 bits per heavy atom. The second-order valence-electron chi connectivity index (χ2n) is 6.14. The van der Waals surface area contributed by atoms with Crippen molar-refractivity contribution in [3.63, 3.8) is 0 Å². The van der Waals surface area contributed by atoms with Crippen molar-refractivity contribution >= 4 is 16.9 Å². The van der Waals surface area contributed by atoms with Crippen molar-refractivity contribution < 1.29 is 4.79 Å². The maximum Gasteiger partial charge on any atom is 0.224 e. The van der Waals surface area contributed by atoms with E-state index in [1.165, 1.54) is 0 Å². The van der Waals surface area contributed by atoms with Crippen molar-refractivity contribution in [2.45, 2.75) is 38.6 Å². The number of aromatic amines is 1. The zero-order valence-electron chi connectivity index (χ0n) is 13.0. The highest BCUT2D eigenvalue weighted by Crippen LogP contribution is 2.31. The van der Waals surface area contributed by atoms with Crippen LogP contribution < -0.4 is 11.1 Å². The van der Waals surface area contributed by atoms with Crippen LogP contribution in [0.3, 0.4) is 0 Å². The van der Waals surface area contributed by atoms with E-state index in [9.17, 15) is 4.79 Å². The van der Waals surface area contributed by atoms with Crippen LogP contribution in [0.4, 0.5) is 0 Å². The lowest BCUT2D eigenvalue weighted by molar-refractivity contribution is -0.126. The van der Waals surface area contributed by atoms with Gasteiger partial charge in [0.1, 0.15) is 5.82 Å². The third kappa shape index (κ3) is 2.86. The summed E-state index contributed by atoms with van der Waals surface area (Å²) in [6, 6.07) is 7.86. The molecule has 1 aliphatic carbocycles. The first-order chi connectivity index (χ1) is 10.7. The van der Waals surface area contributed by atoms with Crippen LogP contribution in [0.15, 0.2) is 24.3 Å². The van der Waals surface area contributed by atoms with Gasteiger partial charge in [0.05, 0.1) is 17.1 Å². The van der Waals surface area contributed by atoms with E-state index in [4.69, 9.17) is 5.73 Å². The van der Waals surface area contributed by atoms with Gasteiger partial charge in [-0.1, -0.05) is 25.5 Å². The monoisotopic (exact) mass is 300 g/mol. The molecule has 1 aromatic carbocycles. The minimum absolute atomic E-state index is 0.0587. The Morgan fingerprint density at radius 3 is 3.00 bits per heavy atom. The summed E-state index contributed by atoms with van der Waals surface area (Å²) in [5.74, 6) is 1.34. The van der Waals surface area contributed by atoms with Gasteiger partial charge in [0, 0.05) is 5.92 Å². The number of hydrogen-bond acceptors (Lipinski definition) is 3. The average molecular weight is 300 g/mol. The SMILES string of the molecule is CCC(NC(=O)[C@@H]1CCC[C@@H]1CN)c1nc2ccccc2[nH]1. The molecule has 5 nitrogen and oxygen atoms in total. The van der Waals surface area contributed by atoms with Gasteiger partial charge in [0.2, 0.25) is 5.91 Å². The predicted octanol–water partition coefficient (Wildman–Crippen LogP) is 2.51. The number of nitrogens with two attached hydrogens (primary N) is 1. The van der Waals surface area contributed by atoms with Crippen LogP contribution in [-0.2, 0) is 4.79 Å². The number of H-pyrrole nitrogens is 1. The number of aromatic nitrogens is 2. The molecule has 1 unspecified atom stereocenters. The fourth-order valence-electron chi connectivity index (χ4n) is 3.44. The summed E-state index contributed by atoms with van der Waals surface area (Å²) >= 11 is 0. The first-order valence-corrected chi connectivity index (χ1v) is 8.18. The molecule has 0 bridgehead atoms. The Kier molecular flexibility index (Phi) is 4.43. The van der Waals surface area contributed by atoms with E-state index < -0.39 is 0 Å². The fourth-order valence-corrected chi connectivity index (χ4v) is 3.44. The zero-order chi connectivity index (χ0) is 15.5. The number of fused-ring (bicyclic) bond motifs is 1. The molecule has 1 amide bonds. The van der Waals surface area contributed by atoms with E-state index >= 15 is 0 Å². The largest absolute Gasteiger partial charge is 0.346 e. The quantitative estimate of drug-likeness (QED) is 0.793. The van der Waals surface area contributed by atoms with Crippen LogP contribution in [0, 0.1) is 11.8 Å². The highest BCUT2D eigenvalue weighted by molar-refractivity contribution is 5.80. The lowest BCUT2D eigenvalue weighted by Crippen LogP contribution is -2.37. The Bertz CT molecular complexity index is 618. The summed E-state index contributed by atoms with van der Waals surface area (Å²) < 4.78 is 0. The predicted molar refractivity (Wildman–Crippen MR) is 87.2 cm³/mol. The van der Waals surface area contributed by atoms with Gasteiger partial charge in [0.25, 0.3) is 0 Å². The molecule has 3 atom stereocenters. The fraction of sp³-hybridized carbons (Fsp3) is 0.529. The van der Waals surface area contributed by atoms with Gasteiger partial charge >= 0.3 is 0 Å². The van der Waals surface area contributed by atoms with Crippen molar-refractivity contribution in [3.8, 4) is 0 Å². The van der Waals surface area contributed by atoms with Crippen molar-refractivity contribution in [1.82, 2.24) is 15.3 Å². The molecule has 118 valence electrons. The van der Waals surface area contributed by atoms with E-state index in [0.29, 0.717) is 12.5 Å². The van der Waals surface area contributed by atoms with Crippen molar-refractivity contribution in [2.24, 2.45) is 17.6 Å². The topological polar surface area (TPSA) is 83.8 Å². The van der Waals surface area contributed by atoms with Gasteiger partial charge in [-0.2, -0.15) is 0 Å². The Morgan fingerprint density at radius 2 is 2.27 bits per heavy atom. The highest BCUT2D eigenvalue weighted by atomic mass is 16.2. The van der Waals surface area contributed by atoms with E-state index in [2.05, 4.69) is 22.2 Å². The standard InChI is InChI=1S/C17H24N4O/c1-2-13(16-19-14-8-3-4-9-15(14)20-16)21-17(22)12-7-5-6-11(12)10-18/h3-4,8-9,11-13H,2,5-7,10,18H2,1H3,(H,19,20)(H,21,22)/t11-,12-,13?/m1/s1. The number of para-hydroxylation sites is 2. The van der Waals surface area contributed by atoms with Gasteiger partial charge in [-0.05, 0) is 43.9 Å². The van der Waals surface area contributed by atoms with Gasteiger partial charge < -0.3 is 16.0 Å². The molecule has 3 rings (SSSR count). The average Bonchev–Trinajstić information content (AvgIpc) is 3.18. The van der Waals surface area contributed by atoms with Crippen molar-refractivity contribution in [1.29, 1.82) is 0 Å². The summed E-state index contributed by atoms with van der Waals surface area (Å²) in [7, 11) is 0. The molecule has 0 aliphatic heterocycles. The van der Waals surface area contributed by atoms with Crippen LogP contribution in [0.1, 0.15) is 44.5 Å². The Labute approximate surface area is 130 Å². The maximum absolute atomic E-state index is 12.6. The Balaban J connectivity index is 1.75. The lowest BCUT2D eigenvalue weighted by atomic mass is 9.95. The van der Waals surface area contributed by atoms with E-state index in [0.717, 1.165) is 42.5 Å². The minimum atomic E-state index is -0.0704. The van der Waals surface area contributed by atoms with Gasteiger partial charge in [-0.15, -0.1) is 0 Å². The third-order valence-electron chi connectivity index (χ3n) is 4.76. The van der Waals surface area contributed by atoms with Crippen LogP contribution >= 0.6 is 0 Å². The number of carbonyl (C=O) groups excluding carboxylic acids is 1. The highest BCUT2D eigenvalue weighted by Gasteiger charge is 2.33. The van der Waals surface area contributed by atoms with E-state index in [-0.39, 0.29) is 17.9 Å². The van der Waals surface area contributed by atoms with Gasteiger partial charge in [-0.3, -0.25) is 4.79 Å². The molecule has 0 saturated heterocycles. The summed E-state index contributed by atoms with van der Waals surface area (Å²) in [5.41, 5.74) is 7.73. The summed E-state index contributed by atoms with van der Waals surface area (Å²) in [6.07, 6.45) is 3.92. The maximum atomic E-state index is 12.6. The molecule has 5 heteroatoms. The Hall–Kier alpha value is -1.88. The van der Waals surface area contributed by atoms with E-state index in [1.54, 1.807) is 0 Å². The molecule has 2 aromatic rings. The molecule has 0 spiro atoms. The number of rotatable bonds is 5. The molecule has 1 saturated carbocycles. The third-order valence-corrected chi connectivity index (χ3v) is 4.76. The summed E-state index contributed by atoms with van der Waals surface area (Å²) in [4.78, 5) is 20.5. The smallest absolute Gasteiger partial charge is 0.224 e. The van der Waals surface area contributed by atoms with Crippen LogP contribution in [0.5, 0.6) is 0 Å². The molecule has 4 N–H and O–H groups in total. The number of benzene rings is 1. The number of nitrogens with zero attached hydrogens (tertiary/aromatic N) is 1. The molecule has 0 radical (unpaired) electrons. The molecule has 1 aliphatic rings. The van der Waals surface area contributed by atoms with Crippen molar-refractivity contribution in [3.05, 3.63) is 30.1 Å². The van der Waals surface area contributed by atoms with Gasteiger partial charge in [0.15, 0.2) is 0 Å². The number of amides is 1. The molecule has 1 fully saturated rings. The first kappa shape index (κ1) is 15.0. The second kappa shape index (κ2) is 6.48. The molecule has 1 aromatic heterocycles. The number of imidazole rings is 1. The normalized spacial score (nSPS) is 22.8. The summed E-state index contributed by atoms with van der Waals surface area (Å²) in [5, 5.41) is 3.16. The molecule has 1 heterocycles. The molecule has 22 heavy (non-hydrogen) atoms. The summed E-state index contributed by atoms with van der Waals surface area (Å²) in [6.45, 7) is 2.66. The second-order valence-corrected chi connectivity index (χ2v) is 6.14. The van der Waals surface area contributed by atoms with Crippen molar-refractivity contribution in [2.75, 3.05) is 6.54 Å². The van der Waals surface area contributed by atoms with Crippen LogP contribution in [0.2, 0.25) is 0 Å². The number of hydrogen-bond donors (Lipinski definition) is 3. The first-order valence-electron chi connectivity index (χ1n) is 8.18. The van der Waals surface area contributed by atoms with Crippen LogP contribution in [-0.4, -0.2) is 22.4 Å². The minimum Gasteiger partial charge on any atom is -0.346 e. The zero-order valence-corrected chi connectivity index (χ0v) is 13.0. The number of nitrogens with one attached hydrogen (secondary N) is 2. The van der Waals surface area contributed by atoms with E-state index in [1.807, 2.05) is 24.3 Å². The molecular weight excluding hydrogens is 276 g/mol. The van der Waals surface area contributed by atoms with Crippen LogP contribution in [0.25, 0.3) is 11.0 Å².